The highest BCUT2D eigenvalue weighted by atomic mass is 16.5. The molecule has 12 nitrogen and oxygen atoms in total. The Balaban J connectivity index is 1.63. The average Bonchev–Trinajstić information content (AvgIpc) is 3.50. The van der Waals surface area contributed by atoms with Crippen LogP contribution >= 0.6 is 0 Å². The molecule has 0 aliphatic carbocycles. The fourth-order valence-corrected chi connectivity index (χ4v) is 5.29. The van der Waals surface area contributed by atoms with E-state index in [0.29, 0.717) is 45.3 Å². The fourth-order valence-electron chi connectivity index (χ4n) is 5.29. The summed E-state index contributed by atoms with van der Waals surface area (Å²) in [4.78, 5) is 32.4. The van der Waals surface area contributed by atoms with Gasteiger partial charge in [0.15, 0.2) is 11.5 Å². The number of nitrogens with one attached hydrogen (secondary N) is 1. The highest BCUT2D eigenvalue weighted by Gasteiger charge is 2.34. The number of aromatic nitrogens is 3. The number of amides is 2. The van der Waals surface area contributed by atoms with E-state index >= 15 is 0 Å². The average molecular weight is 639 g/mol. The highest BCUT2D eigenvalue weighted by Crippen LogP contribution is 2.41. The van der Waals surface area contributed by atoms with Crippen molar-refractivity contribution >= 4 is 34.2 Å². The number of carbonyl (C=O) groups excluding carboxylic acids is 2. The van der Waals surface area contributed by atoms with E-state index in [0.717, 1.165) is 11.3 Å². The topological polar surface area (TPSA) is 120 Å². The number of methoxy groups -OCH3 is 4. The molecule has 0 radical (unpaired) electrons. The van der Waals surface area contributed by atoms with Crippen LogP contribution in [0.5, 0.6) is 23.0 Å². The number of nitrogens with zero attached hydrogens (tertiary/aromatic N) is 5. The molecule has 1 atom stereocenters. The van der Waals surface area contributed by atoms with Gasteiger partial charge in [-0.25, -0.2) is 4.68 Å². The van der Waals surface area contributed by atoms with Gasteiger partial charge in [-0.1, -0.05) is 29.5 Å². The van der Waals surface area contributed by atoms with Gasteiger partial charge >= 0.3 is 0 Å². The Labute approximate surface area is 273 Å². The van der Waals surface area contributed by atoms with E-state index in [2.05, 4.69) is 15.6 Å². The highest BCUT2D eigenvalue weighted by molar-refractivity contribution is 5.98. The van der Waals surface area contributed by atoms with E-state index in [4.69, 9.17) is 18.9 Å². The Kier molecular flexibility index (Phi) is 10.1. The van der Waals surface area contributed by atoms with Gasteiger partial charge < -0.3 is 34.1 Å². The molecule has 47 heavy (non-hydrogen) atoms. The molecule has 0 saturated carbocycles. The monoisotopic (exact) mass is 638 g/mol. The van der Waals surface area contributed by atoms with Gasteiger partial charge in [0.2, 0.25) is 11.7 Å². The van der Waals surface area contributed by atoms with E-state index in [-0.39, 0.29) is 19.0 Å². The van der Waals surface area contributed by atoms with Gasteiger partial charge in [0, 0.05) is 32.0 Å². The van der Waals surface area contributed by atoms with Crippen molar-refractivity contribution < 1.29 is 28.5 Å². The summed E-state index contributed by atoms with van der Waals surface area (Å²) in [7, 11) is 9.97. The molecule has 0 saturated heterocycles. The van der Waals surface area contributed by atoms with Gasteiger partial charge in [-0.3, -0.25) is 9.59 Å². The predicted molar refractivity (Wildman–Crippen MR) is 179 cm³/mol. The number of anilines is 2. The lowest BCUT2D eigenvalue weighted by Gasteiger charge is -2.32. The Morgan fingerprint density at radius 1 is 0.830 bits per heavy atom. The van der Waals surface area contributed by atoms with Crippen LogP contribution in [0.3, 0.4) is 0 Å². The largest absolute Gasteiger partial charge is 0.497 e. The minimum atomic E-state index is -1.14. The molecule has 4 aromatic carbocycles. The van der Waals surface area contributed by atoms with Crippen molar-refractivity contribution in [3.63, 3.8) is 0 Å². The van der Waals surface area contributed by atoms with Crippen LogP contribution < -0.4 is 29.2 Å². The zero-order valence-corrected chi connectivity index (χ0v) is 27.3. The van der Waals surface area contributed by atoms with Crippen LogP contribution in [-0.2, 0) is 22.7 Å². The summed E-state index contributed by atoms with van der Waals surface area (Å²) in [5, 5.41) is 11.5. The number of carbonyl (C=O) groups is 2. The number of para-hydroxylation sites is 1. The summed E-state index contributed by atoms with van der Waals surface area (Å²) in [6.45, 7) is -0.0772. The first kappa shape index (κ1) is 32.6. The maximum absolute atomic E-state index is 14.5. The number of ether oxygens (including phenoxy) is 4. The minimum absolute atomic E-state index is 0.0871. The molecule has 0 fully saturated rings. The third kappa shape index (κ3) is 7.22. The van der Waals surface area contributed by atoms with Crippen molar-refractivity contribution in [3.8, 4) is 23.0 Å². The Bertz CT molecular complexity index is 1810. The first-order valence-electron chi connectivity index (χ1n) is 14.8. The SMILES string of the molecule is COc1ccc(CN(C(=O)Cn2nnc3ccccc32)[C@H](C(=O)Nc2ccc(N(C)C)cc2)c2cc(OC)c(OC)c(OC)c2)cc1. The van der Waals surface area contributed by atoms with Gasteiger partial charge in [0.25, 0.3) is 5.91 Å². The lowest BCUT2D eigenvalue weighted by atomic mass is 10.0. The molecule has 12 heteroatoms. The number of benzene rings is 4. The second-order valence-corrected chi connectivity index (χ2v) is 10.9. The molecule has 0 aliphatic rings. The second kappa shape index (κ2) is 14.5. The van der Waals surface area contributed by atoms with Crippen LogP contribution in [0.25, 0.3) is 11.0 Å². The number of hydrogen-bond donors (Lipinski definition) is 1. The summed E-state index contributed by atoms with van der Waals surface area (Å²) in [5.74, 6) is 0.902. The molecule has 5 rings (SSSR count). The van der Waals surface area contributed by atoms with E-state index in [1.807, 2.05) is 91.8 Å². The number of fused-ring (bicyclic) bond motifs is 1. The zero-order valence-electron chi connectivity index (χ0n) is 27.3. The Hall–Kier alpha value is -5.78. The summed E-state index contributed by atoms with van der Waals surface area (Å²) in [6.07, 6.45) is 0. The zero-order chi connectivity index (χ0) is 33.5. The fraction of sp³-hybridized carbons (Fsp3) is 0.257. The van der Waals surface area contributed by atoms with Crippen molar-refractivity contribution in [2.24, 2.45) is 0 Å². The van der Waals surface area contributed by atoms with Crippen molar-refractivity contribution in [3.05, 3.63) is 96.1 Å². The van der Waals surface area contributed by atoms with Gasteiger partial charge in [0.1, 0.15) is 23.9 Å². The van der Waals surface area contributed by atoms with Gasteiger partial charge in [0.05, 0.1) is 34.0 Å². The minimum Gasteiger partial charge on any atom is -0.497 e. The van der Waals surface area contributed by atoms with E-state index < -0.39 is 11.9 Å². The third-order valence-corrected chi connectivity index (χ3v) is 7.75. The van der Waals surface area contributed by atoms with E-state index in [1.54, 1.807) is 19.2 Å². The Morgan fingerprint density at radius 2 is 1.49 bits per heavy atom. The summed E-state index contributed by atoms with van der Waals surface area (Å²) in [6, 6.07) is 24.4. The van der Waals surface area contributed by atoms with Crippen molar-refractivity contribution in [2.75, 3.05) is 52.8 Å². The standard InChI is InChI=1S/C35H38N6O6/c1-39(2)26-15-13-25(14-16-26)36-35(43)33(24-19-30(45-4)34(47-6)31(20-24)46-5)40(21-23-11-17-27(44-3)18-12-23)32(42)22-41-29-10-8-7-9-28(29)37-38-41/h7-20,33H,21-22H2,1-6H3,(H,36,43)/t33-/m0/s1. The lowest BCUT2D eigenvalue weighted by Crippen LogP contribution is -2.42. The first-order chi connectivity index (χ1) is 22.8. The molecule has 1 heterocycles. The predicted octanol–water partition coefficient (Wildman–Crippen LogP) is 4.94. The molecule has 1 N–H and O–H groups in total. The van der Waals surface area contributed by atoms with Crippen LogP contribution in [0.4, 0.5) is 11.4 Å². The Morgan fingerprint density at radius 3 is 2.09 bits per heavy atom. The van der Waals surface area contributed by atoms with Crippen LogP contribution in [0, 0.1) is 0 Å². The van der Waals surface area contributed by atoms with Crippen LogP contribution in [-0.4, -0.2) is 74.2 Å². The van der Waals surface area contributed by atoms with Crippen molar-refractivity contribution in [1.82, 2.24) is 19.9 Å². The molecule has 5 aromatic rings. The quantitative estimate of drug-likeness (QED) is 0.191. The summed E-state index contributed by atoms with van der Waals surface area (Å²) in [5.41, 5.74) is 4.12. The molecule has 0 unspecified atom stereocenters. The smallest absolute Gasteiger partial charge is 0.251 e. The number of hydrogen-bond acceptors (Lipinski definition) is 9. The molecular weight excluding hydrogens is 600 g/mol. The third-order valence-electron chi connectivity index (χ3n) is 7.75. The maximum atomic E-state index is 14.5. The molecule has 1 aromatic heterocycles. The van der Waals surface area contributed by atoms with Gasteiger partial charge in [-0.2, -0.15) is 0 Å². The van der Waals surface area contributed by atoms with E-state index in [1.165, 1.54) is 30.9 Å². The summed E-state index contributed by atoms with van der Waals surface area (Å²) < 4.78 is 23.7. The van der Waals surface area contributed by atoms with Gasteiger partial charge in [-0.05, 0) is 71.8 Å². The molecule has 0 spiro atoms. The van der Waals surface area contributed by atoms with E-state index in [9.17, 15) is 9.59 Å². The molecule has 0 bridgehead atoms. The lowest BCUT2D eigenvalue weighted by molar-refractivity contribution is -0.140. The second-order valence-electron chi connectivity index (χ2n) is 10.9. The number of rotatable bonds is 13. The summed E-state index contributed by atoms with van der Waals surface area (Å²) >= 11 is 0. The molecule has 2 amide bonds. The molecule has 0 aliphatic heterocycles. The molecule has 244 valence electrons. The van der Waals surface area contributed by atoms with Crippen LogP contribution in [0.1, 0.15) is 17.2 Å². The first-order valence-corrected chi connectivity index (χ1v) is 14.8. The normalized spacial score (nSPS) is 11.4. The molecular formula is C35H38N6O6. The van der Waals surface area contributed by atoms with Crippen molar-refractivity contribution in [2.45, 2.75) is 19.1 Å². The van der Waals surface area contributed by atoms with Crippen LogP contribution in [0.2, 0.25) is 0 Å². The van der Waals surface area contributed by atoms with Crippen molar-refractivity contribution in [1.29, 1.82) is 0 Å². The maximum Gasteiger partial charge on any atom is 0.251 e. The van der Waals surface area contributed by atoms with Crippen LogP contribution in [0.15, 0.2) is 84.9 Å². The van der Waals surface area contributed by atoms with Gasteiger partial charge in [-0.15, -0.1) is 5.10 Å².